The number of nitrogens with one attached hydrogen (secondary N) is 3. The number of aromatic nitrogens is 1. The summed E-state index contributed by atoms with van der Waals surface area (Å²) in [6.07, 6.45) is 5.16. The number of aryl methyl sites for hydroxylation is 2. The van der Waals surface area contributed by atoms with Crippen molar-refractivity contribution in [3.63, 3.8) is 0 Å². The lowest BCUT2D eigenvalue weighted by atomic mass is 9.79. The zero-order valence-electron chi connectivity index (χ0n) is 27.8. The Hall–Kier alpha value is -3.91. The molecule has 1 aliphatic carbocycles. The topological polar surface area (TPSA) is 115 Å². The van der Waals surface area contributed by atoms with Gasteiger partial charge in [-0.3, -0.25) is 14.4 Å². The van der Waals surface area contributed by atoms with Crippen molar-refractivity contribution >= 4 is 17.5 Å². The minimum Gasteiger partial charge on any atom is -0.396 e. The molecule has 1 fully saturated rings. The number of nitrogens with zero attached hydrogens (tertiary/aromatic N) is 1. The van der Waals surface area contributed by atoms with Crippen molar-refractivity contribution in [1.82, 2.24) is 15.6 Å². The number of carbonyl (C=O) groups is 2. The number of amides is 2. The van der Waals surface area contributed by atoms with E-state index in [-0.39, 0.29) is 30.5 Å². The van der Waals surface area contributed by atoms with E-state index in [9.17, 15) is 14.4 Å². The molecular formula is C37H50N4O4. The van der Waals surface area contributed by atoms with Gasteiger partial charge >= 0.3 is 0 Å². The molecule has 0 aliphatic heterocycles. The maximum Gasteiger partial charge on any atom is 0.253 e. The number of aromatic amines is 1. The third-order valence-corrected chi connectivity index (χ3v) is 9.42. The van der Waals surface area contributed by atoms with Gasteiger partial charge in [-0.25, -0.2) is 0 Å². The SMILES string of the molecule is CCN(c1cc(-c2ccc(C(=O)NCCCO)cc2)cc(C(=O)NCc2c(C)cc(C)[nH]c2=O)c1C)C1CCC(C(C)C)CC1. The Balaban J connectivity index is 1.69. The molecule has 0 atom stereocenters. The molecule has 8 heteroatoms. The van der Waals surface area contributed by atoms with Gasteiger partial charge in [0.2, 0.25) is 0 Å². The van der Waals surface area contributed by atoms with Gasteiger partial charge in [-0.2, -0.15) is 0 Å². The lowest BCUT2D eigenvalue weighted by Gasteiger charge is -2.40. The van der Waals surface area contributed by atoms with Crippen LogP contribution in [0.2, 0.25) is 0 Å². The van der Waals surface area contributed by atoms with Crippen LogP contribution in [0, 0.1) is 32.6 Å². The normalized spacial score (nSPS) is 16.4. The average Bonchev–Trinajstić information content (AvgIpc) is 3.02. The summed E-state index contributed by atoms with van der Waals surface area (Å²) in [5, 5.41) is 14.9. The molecule has 2 amide bonds. The number of rotatable bonds is 12. The summed E-state index contributed by atoms with van der Waals surface area (Å²) in [5.74, 6) is 1.02. The van der Waals surface area contributed by atoms with Gasteiger partial charge in [-0.15, -0.1) is 0 Å². The van der Waals surface area contributed by atoms with Gasteiger partial charge in [-0.05, 0) is 124 Å². The number of benzene rings is 2. The molecular weight excluding hydrogens is 564 g/mol. The fourth-order valence-electron chi connectivity index (χ4n) is 6.67. The van der Waals surface area contributed by atoms with Crippen LogP contribution in [-0.4, -0.2) is 47.6 Å². The number of aliphatic hydroxyl groups excluding tert-OH is 1. The Labute approximate surface area is 267 Å². The minimum atomic E-state index is -0.227. The van der Waals surface area contributed by atoms with Crippen LogP contribution in [0.3, 0.4) is 0 Å². The summed E-state index contributed by atoms with van der Waals surface area (Å²) >= 11 is 0. The van der Waals surface area contributed by atoms with Crippen LogP contribution in [0.15, 0.2) is 47.3 Å². The second-order valence-electron chi connectivity index (χ2n) is 12.8. The number of H-pyrrole nitrogens is 1. The molecule has 242 valence electrons. The monoisotopic (exact) mass is 614 g/mol. The predicted molar refractivity (Wildman–Crippen MR) is 182 cm³/mol. The van der Waals surface area contributed by atoms with Crippen molar-refractivity contribution in [2.45, 2.75) is 86.2 Å². The van der Waals surface area contributed by atoms with E-state index in [0.29, 0.717) is 41.6 Å². The van der Waals surface area contributed by atoms with E-state index >= 15 is 0 Å². The van der Waals surface area contributed by atoms with Crippen molar-refractivity contribution in [1.29, 1.82) is 0 Å². The van der Waals surface area contributed by atoms with Gasteiger partial charge in [0.05, 0.1) is 0 Å². The first-order chi connectivity index (χ1) is 21.5. The van der Waals surface area contributed by atoms with E-state index in [4.69, 9.17) is 5.11 Å². The lowest BCUT2D eigenvalue weighted by Crippen LogP contribution is -2.39. The first kappa shape index (κ1) is 34.0. The molecule has 1 heterocycles. The Morgan fingerprint density at radius 2 is 1.64 bits per heavy atom. The van der Waals surface area contributed by atoms with E-state index < -0.39 is 0 Å². The van der Waals surface area contributed by atoms with Crippen LogP contribution in [0.1, 0.15) is 96.0 Å². The second-order valence-corrected chi connectivity index (χ2v) is 12.8. The maximum atomic E-state index is 13.8. The first-order valence-corrected chi connectivity index (χ1v) is 16.4. The summed E-state index contributed by atoms with van der Waals surface area (Å²) < 4.78 is 0. The quantitative estimate of drug-likeness (QED) is 0.186. The Kier molecular flexibility index (Phi) is 11.6. The highest BCUT2D eigenvalue weighted by Gasteiger charge is 2.29. The van der Waals surface area contributed by atoms with Gasteiger partial charge in [0.25, 0.3) is 17.4 Å². The first-order valence-electron chi connectivity index (χ1n) is 16.4. The molecule has 4 rings (SSSR count). The molecule has 8 nitrogen and oxygen atoms in total. The Morgan fingerprint density at radius 3 is 2.24 bits per heavy atom. The van der Waals surface area contributed by atoms with Gasteiger partial charge in [0.15, 0.2) is 0 Å². The number of pyridine rings is 1. The van der Waals surface area contributed by atoms with Gasteiger partial charge < -0.3 is 25.6 Å². The van der Waals surface area contributed by atoms with Crippen molar-refractivity contribution in [2.75, 3.05) is 24.6 Å². The Bertz CT molecular complexity index is 1540. The number of hydrogen-bond acceptors (Lipinski definition) is 5. The molecule has 2 aromatic carbocycles. The molecule has 1 saturated carbocycles. The Morgan fingerprint density at radius 1 is 0.956 bits per heavy atom. The zero-order chi connectivity index (χ0) is 32.7. The lowest BCUT2D eigenvalue weighted by molar-refractivity contribution is 0.0942. The highest BCUT2D eigenvalue weighted by Crippen LogP contribution is 2.37. The van der Waals surface area contributed by atoms with Gasteiger partial charge in [0.1, 0.15) is 0 Å². The summed E-state index contributed by atoms with van der Waals surface area (Å²) in [7, 11) is 0. The minimum absolute atomic E-state index is 0.0277. The molecule has 0 unspecified atom stereocenters. The van der Waals surface area contributed by atoms with Crippen LogP contribution in [0.4, 0.5) is 5.69 Å². The third kappa shape index (κ3) is 8.23. The fourth-order valence-corrected chi connectivity index (χ4v) is 6.67. The van der Waals surface area contributed by atoms with Gasteiger partial charge in [0, 0.05) is 60.4 Å². The number of anilines is 1. The predicted octanol–water partition coefficient (Wildman–Crippen LogP) is 6.05. The number of carbonyl (C=O) groups excluding carboxylic acids is 2. The van der Waals surface area contributed by atoms with Crippen molar-refractivity contribution in [2.24, 2.45) is 11.8 Å². The largest absolute Gasteiger partial charge is 0.396 e. The van der Waals surface area contributed by atoms with Crippen molar-refractivity contribution in [3.05, 3.63) is 86.3 Å². The summed E-state index contributed by atoms with van der Waals surface area (Å²) in [6, 6.07) is 13.8. The summed E-state index contributed by atoms with van der Waals surface area (Å²) in [5.41, 5.74) is 6.87. The smallest absolute Gasteiger partial charge is 0.253 e. The van der Waals surface area contributed by atoms with E-state index in [1.807, 2.05) is 45.0 Å². The maximum absolute atomic E-state index is 13.8. The third-order valence-electron chi connectivity index (χ3n) is 9.42. The molecule has 1 aliphatic rings. The van der Waals surface area contributed by atoms with E-state index in [0.717, 1.165) is 58.9 Å². The van der Waals surface area contributed by atoms with Crippen LogP contribution >= 0.6 is 0 Å². The van der Waals surface area contributed by atoms with E-state index in [1.54, 1.807) is 12.1 Å². The zero-order valence-corrected chi connectivity index (χ0v) is 27.8. The molecule has 0 spiro atoms. The van der Waals surface area contributed by atoms with Crippen LogP contribution in [0.25, 0.3) is 11.1 Å². The number of aliphatic hydroxyl groups is 1. The van der Waals surface area contributed by atoms with Crippen LogP contribution in [0.5, 0.6) is 0 Å². The number of hydrogen-bond donors (Lipinski definition) is 4. The van der Waals surface area contributed by atoms with Gasteiger partial charge in [-0.1, -0.05) is 26.0 Å². The second kappa shape index (κ2) is 15.4. The molecule has 45 heavy (non-hydrogen) atoms. The molecule has 3 aromatic rings. The molecule has 0 radical (unpaired) electrons. The highest BCUT2D eigenvalue weighted by molar-refractivity contribution is 5.99. The molecule has 4 N–H and O–H groups in total. The van der Waals surface area contributed by atoms with E-state index in [2.05, 4.69) is 47.4 Å². The highest BCUT2D eigenvalue weighted by atomic mass is 16.3. The molecule has 0 bridgehead atoms. The molecule has 1 aromatic heterocycles. The summed E-state index contributed by atoms with van der Waals surface area (Å²) in [4.78, 5) is 44.3. The van der Waals surface area contributed by atoms with Crippen molar-refractivity contribution < 1.29 is 14.7 Å². The molecule has 0 saturated heterocycles. The summed E-state index contributed by atoms with van der Waals surface area (Å²) in [6.45, 7) is 14.0. The standard InChI is InChI=1S/C37H50N4O4/c1-7-41(31-15-13-27(14-16-31)23(2)3)34-21-30(28-9-11-29(12-10-28)35(43)38-17-8-18-42)20-32(26(34)6)36(44)39-22-33-24(4)19-25(5)40-37(33)45/h9-12,19-21,23,27,31,42H,7-8,13-18,22H2,1-6H3,(H,38,43)(H,39,44)(H,40,45). The fraction of sp³-hybridized carbons (Fsp3) is 0.486. The van der Waals surface area contributed by atoms with E-state index in [1.165, 1.54) is 12.8 Å². The van der Waals surface area contributed by atoms with Crippen LogP contribution < -0.4 is 21.1 Å². The average molecular weight is 615 g/mol. The van der Waals surface area contributed by atoms with Crippen LogP contribution in [-0.2, 0) is 6.54 Å². The van der Waals surface area contributed by atoms with Crippen molar-refractivity contribution in [3.8, 4) is 11.1 Å².